The van der Waals surface area contributed by atoms with Crippen LogP contribution in [0, 0.1) is 13.8 Å². The zero-order valence-corrected chi connectivity index (χ0v) is 16.7. The first-order chi connectivity index (χ1) is 13.4. The van der Waals surface area contributed by atoms with Crippen LogP contribution in [-0.4, -0.2) is 33.2 Å². The molecule has 0 unspecified atom stereocenters. The molecule has 4 rings (SSSR count). The number of nitrogens with zero attached hydrogens (tertiary/aromatic N) is 4. The van der Waals surface area contributed by atoms with E-state index in [0.29, 0.717) is 25.2 Å². The summed E-state index contributed by atoms with van der Waals surface area (Å²) in [6.45, 7) is 6.87. The Morgan fingerprint density at radius 1 is 1.14 bits per heavy atom. The number of hydrogen-bond donors (Lipinski definition) is 0. The van der Waals surface area contributed by atoms with Crippen LogP contribution >= 0.6 is 0 Å². The van der Waals surface area contributed by atoms with E-state index in [-0.39, 0.29) is 17.9 Å². The molecule has 0 radical (unpaired) electrons. The molecule has 1 aromatic carbocycles. The number of likely N-dealkylation sites (tertiary alicyclic amines) is 1. The molecule has 28 heavy (non-hydrogen) atoms. The van der Waals surface area contributed by atoms with Gasteiger partial charge in [0, 0.05) is 31.1 Å². The lowest BCUT2D eigenvalue weighted by atomic mass is 10.0. The summed E-state index contributed by atoms with van der Waals surface area (Å²) >= 11 is 0. The van der Waals surface area contributed by atoms with Gasteiger partial charge in [-0.15, -0.1) is 0 Å². The van der Waals surface area contributed by atoms with Gasteiger partial charge in [-0.25, -0.2) is 9.97 Å². The summed E-state index contributed by atoms with van der Waals surface area (Å²) in [6, 6.07) is 8.13. The quantitative estimate of drug-likeness (QED) is 0.822. The average molecular weight is 378 g/mol. The Kier molecular flexibility index (Phi) is 4.87. The molecular weight excluding hydrogens is 352 g/mol. The van der Waals surface area contributed by atoms with Gasteiger partial charge >= 0.3 is 0 Å². The van der Waals surface area contributed by atoms with Gasteiger partial charge in [0.15, 0.2) is 5.82 Å². The van der Waals surface area contributed by atoms with Crippen molar-refractivity contribution in [3.63, 3.8) is 0 Å². The molecular formula is C22H26N4O2. The molecule has 0 saturated carbocycles. The highest BCUT2D eigenvalue weighted by Gasteiger charge is 2.34. The number of aromatic nitrogens is 2. The molecule has 2 aliphatic heterocycles. The minimum atomic E-state index is -0.0975. The van der Waals surface area contributed by atoms with Crippen molar-refractivity contribution in [2.45, 2.75) is 59.0 Å². The Morgan fingerprint density at radius 2 is 1.89 bits per heavy atom. The van der Waals surface area contributed by atoms with Crippen molar-refractivity contribution in [2.24, 2.45) is 0 Å². The fraction of sp³-hybridized carbons (Fsp3) is 0.455. The summed E-state index contributed by atoms with van der Waals surface area (Å²) < 4.78 is 0. The van der Waals surface area contributed by atoms with E-state index in [4.69, 9.17) is 9.97 Å². The van der Waals surface area contributed by atoms with E-state index in [1.165, 1.54) is 5.56 Å². The predicted octanol–water partition coefficient (Wildman–Crippen LogP) is 3.26. The minimum absolute atomic E-state index is 0.0501. The van der Waals surface area contributed by atoms with E-state index in [1.807, 2.05) is 11.8 Å². The Labute approximate surface area is 165 Å². The zero-order valence-electron chi connectivity index (χ0n) is 16.7. The van der Waals surface area contributed by atoms with Crippen LogP contribution in [0.4, 0.5) is 5.82 Å². The van der Waals surface area contributed by atoms with Gasteiger partial charge in [-0.1, -0.05) is 29.8 Å². The summed E-state index contributed by atoms with van der Waals surface area (Å²) in [4.78, 5) is 37.9. The van der Waals surface area contributed by atoms with Gasteiger partial charge in [-0.05, 0) is 38.7 Å². The molecule has 0 N–H and O–H groups in total. The van der Waals surface area contributed by atoms with Crippen LogP contribution < -0.4 is 4.90 Å². The van der Waals surface area contributed by atoms with Crippen molar-refractivity contribution in [1.82, 2.24) is 14.9 Å². The van der Waals surface area contributed by atoms with Gasteiger partial charge in [0.05, 0.1) is 12.6 Å². The van der Waals surface area contributed by atoms with E-state index in [1.54, 1.807) is 11.8 Å². The zero-order chi connectivity index (χ0) is 19.8. The first kappa shape index (κ1) is 18.6. The fourth-order valence-corrected chi connectivity index (χ4v) is 4.20. The largest absolute Gasteiger partial charge is 0.333 e. The maximum absolute atomic E-state index is 12.7. The molecule has 6 nitrogen and oxygen atoms in total. The van der Waals surface area contributed by atoms with Crippen molar-refractivity contribution in [2.75, 3.05) is 11.4 Å². The van der Waals surface area contributed by atoms with Crippen LogP contribution in [0.3, 0.4) is 0 Å². The first-order valence-electron chi connectivity index (χ1n) is 9.94. The van der Waals surface area contributed by atoms with Crippen LogP contribution in [0.25, 0.3) is 0 Å². The highest BCUT2D eigenvalue weighted by molar-refractivity contribution is 5.95. The molecule has 2 aliphatic rings. The minimum Gasteiger partial charge on any atom is -0.333 e. The number of benzene rings is 1. The van der Waals surface area contributed by atoms with Gasteiger partial charge in [-0.2, -0.15) is 0 Å². The maximum Gasteiger partial charge on any atom is 0.228 e. The van der Waals surface area contributed by atoms with E-state index in [9.17, 15) is 9.59 Å². The second kappa shape index (κ2) is 7.34. The molecule has 6 heteroatoms. The third-order valence-electron chi connectivity index (χ3n) is 5.77. The summed E-state index contributed by atoms with van der Waals surface area (Å²) in [6.07, 6.45) is 2.97. The van der Waals surface area contributed by atoms with Crippen molar-refractivity contribution < 1.29 is 9.59 Å². The maximum atomic E-state index is 12.7. The number of fused-ring (bicyclic) bond motifs is 1. The third-order valence-corrected chi connectivity index (χ3v) is 5.77. The summed E-state index contributed by atoms with van der Waals surface area (Å²) in [5.74, 6) is 1.52. The van der Waals surface area contributed by atoms with Gasteiger partial charge in [0.1, 0.15) is 5.82 Å². The number of carbonyl (C=O) groups is 2. The van der Waals surface area contributed by atoms with Crippen LogP contribution in [0.2, 0.25) is 0 Å². The molecule has 3 heterocycles. The Balaban J connectivity index is 1.72. The molecule has 0 aliphatic carbocycles. The Morgan fingerprint density at radius 3 is 2.61 bits per heavy atom. The Bertz CT molecular complexity index is 923. The highest BCUT2D eigenvalue weighted by atomic mass is 16.2. The summed E-state index contributed by atoms with van der Waals surface area (Å²) in [5.41, 5.74) is 4.23. The second-order valence-corrected chi connectivity index (χ2v) is 7.81. The lowest BCUT2D eigenvalue weighted by Gasteiger charge is -2.31. The van der Waals surface area contributed by atoms with E-state index < -0.39 is 0 Å². The van der Waals surface area contributed by atoms with Crippen molar-refractivity contribution in [3.05, 3.63) is 52.5 Å². The van der Waals surface area contributed by atoms with Gasteiger partial charge in [0.2, 0.25) is 11.8 Å². The first-order valence-corrected chi connectivity index (χ1v) is 9.94. The monoisotopic (exact) mass is 378 g/mol. The number of aryl methyl sites for hydroxylation is 2. The Hall–Kier alpha value is -2.76. The van der Waals surface area contributed by atoms with Gasteiger partial charge < -0.3 is 4.90 Å². The van der Waals surface area contributed by atoms with Crippen LogP contribution in [-0.2, 0) is 22.6 Å². The second-order valence-electron chi connectivity index (χ2n) is 7.81. The molecule has 0 spiro atoms. The smallest absolute Gasteiger partial charge is 0.228 e. The van der Waals surface area contributed by atoms with Crippen LogP contribution in [0.1, 0.15) is 60.4 Å². The fourth-order valence-electron chi connectivity index (χ4n) is 4.20. The summed E-state index contributed by atoms with van der Waals surface area (Å²) in [7, 11) is 0. The summed E-state index contributed by atoms with van der Waals surface area (Å²) in [5, 5.41) is 0. The van der Waals surface area contributed by atoms with E-state index in [2.05, 4.69) is 31.2 Å². The number of hydrogen-bond acceptors (Lipinski definition) is 4. The molecule has 1 atom stereocenters. The van der Waals surface area contributed by atoms with Crippen molar-refractivity contribution in [1.29, 1.82) is 0 Å². The molecule has 1 aromatic heterocycles. The van der Waals surface area contributed by atoms with Crippen LogP contribution in [0.5, 0.6) is 0 Å². The molecule has 2 aromatic rings. The molecule has 1 saturated heterocycles. The standard InChI is InChI=1S/C22H26N4O2/c1-14-6-8-17(9-7-14)13-26-20(28)11-10-18-15(2)23-21(24-22(18)26)19-5-4-12-25(19)16(3)27/h6-9,19H,4-5,10-13H2,1-3H3/t19-/m1/s1. The van der Waals surface area contributed by atoms with Crippen LogP contribution in [0.15, 0.2) is 24.3 Å². The third kappa shape index (κ3) is 3.39. The van der Waals surface area contributed by atoms with E-state index >= 15 is 0 Å². The average Bonchev–Trinajstić information content (AvgIpc) is 3.16. The highest BCUT2D eigenvalue weighted by Crippen LogP contribution is 2.35. The molecule has 2 amide bonds. The topological polar surface area (TPSA) is 66.4 Å². The van der Waals surface area contributed by atoms with E-state index in [0.717, 1.165) is 42.0 Å². The SMILES string of the molecule is CC(=O)N1CCC[C@@H]1c1nc(C)c2c(n1)N(Cc1ccc(C)cc1)C(=O)CC2. The number of amides is 2. The molecule has 146 valence electrons. The van der Waals surface area contributed by atoms with Gasteiger partial charge in [0.25, 0.3) is 0 Å². The van der Waals surface area contributed by atoms with Crippen molar-refractivity contribution in [3.8, 4) is 0 Å². The molecule has 1 fully saturated rings. The predicted molar refractivity (Wildman–Crippen MR) is 107 cm³/mol. The lowest BCUT2D eigenvalue weighted by Crippen LogP contribution is -2.37. The number of carbonyl (C=O) groups excluding carboxylic acids is 2. The number of anilines is 1. The lowest BCUT2D eigenvalue weighted by molar-refractivity contribution is -0.129. The van der Waals surface area contributed by atoms with Crippen molar-refractivity contribution >= 4 is 17.6 Å². The normalized spacial score (nSPS) is 19.1. The number of rotatable bonds is 3. The van der Waals surface area contributed by atoms with Gasteiger partial charge in [-0.3, -0.25) is 14.5 Å². The molecule has 0 bridgehead atoms.